The molecule has 0 heterocycles. The molecule has 0 aliphatic rings. The monoisotopic (exact) mass is 420 g/mol. The van der Waals surface area contributed by atoms with Gasteiger partial charge in [-0.3, -0.25) is 4.79 Å². The molecule has 0 saturated heterocycles. The number of hydrogen-bond donors (Lipinski definition) is 3. The fraction of sp³-hybridized carbons (Fsp3) is 0.240. The second kappa shape index (κ2) is 9.53. The largest absolute Gasteiger partial charge is 0.507 e. The van der Waals surface area contributed by atoms with Crippen molar-refractivity contribution in [1.82, 2.24) is 5.32 Å². The number of amides is 1. The van der Waals surface area contributed by atoms with Crippen LogP contribution in [0, 0.1) is 13.8 Å². The summed E-state index contributed by atoms with van der Waals surface area (Å²) in [5.74, 6) is 0.551. The number of hydrogen-bond acceptors (Lipinski definition) is 5. The molecule has 3 aromatic rings. The molecule has 0 aliphatic carbocycles. The van der Waals surface area contributed by atoms with E-state index in [1.54, 1.807) is 13.2 Å². The minimum absolute atomic E-state index is 0.118. The van der Waals surface area contributed by atoms with Crippen LogP contribution >= 0.6 is 0 Å². The Labute approximate surface area is 182 Å². The molecule has 0 spiro atoms. The van der Waals surface area contributed by atoms with E-state index >= 15 is 0 Å². The summed E-state index contributed by atoms with van der Waals surface area (Å²) < 4.78 is 11.5. The highest BCUT2D eigenvalue weighted by Gasteiger charge is 2.23. The maximum Gasteiger partial charge on any atom is 0.255 e. The molecule has 0 saturated carbocycles. The van der Waals surface area contributed by atoms with E-state index in [-0.39, 0.29) is 23.5 Å². The highest BCUT2D eigenvalue weighted by atomic mass is 16.5. The predicted octanol–water partition coefficient (Wildman–Crippen LogP) is 4.89. The van der Waals surface area contributed by atoms with Gasteiger partial charge in [-0.25, -0.2) is 0 Å². The first kappa shape index (κ1) is 22.2. The highest BCUT2D eigenvalue weighted by Crippen LogP contribution is 2.33. The summed E-state index contributed by atoms with van der Waals surface area (Å²) in [6.45, 7) is 5.69. The van der Waals surface area contributed by atoms with Crippen molar-refractivity contribution in [3.8, 4) is 17.2 Å². The Morgan fingerprint density at radius 1 is 1.03 bits per heavy atom. The number of aromatic hydroxyl groups is 1. The molecule has 3 aromatic carbocycles. The molecular weight excluding hydrogens is 392 g/mol. The summed E-state index contributed by atoms with van der Waals surface area (Å²) in [6, 6.07) is 17.4. The van der Waals surface area contributed by atoms with Crippen LogP contribution in [0.1, 0.15) is 40.0 Å². The van der Waals surface area contributed by atoms with E-state index in [0.717, 1.165) is 16.7 Å². The quantitative estimate of drug-likeness (QED) is 0.473. The Morgan fingerprint density at radius 3 is 2.29 bits per heavy atom. The van der Waals surface area contributed by atoms with E-state index in [1.807, 2.05) is 63.2 Å². The SMILES string of the molecule is COC(C)C(NC(=O)c1cc(Oc2c(C)cc(N)cc2C)ccc1O)c1ccccc1. The maximum absolute atomic E-state index is 13.1. The van der Waals surface area contributed by atoms with Crippen LogP contribution in [0.4, 0.5) is 5.69 Å². The number of carbonyl (C=O) groups is 1. The number of nitrogen functional groups attached to an aromatic ring is 1. The Morgan fingerprint density at radius 2 is 1.68 bits per heavy atom. The van der Waals surface area contributed by atoms with Crippen molar-refractivity contribution in [2.75, 3.05) is 12.8 Å². The average molecular weight is 421 g/mol. The fourth-order valence-corrected chi connectivity index (χ4v) is 3.51. The number of phenols is 1. The van der Waals surface area contributed by atoms with Crippen molar-refractivity contribution in [3.05, 3.63) is 82.9 Å². The van der Waals surface area contributed by atoms with E-state index in [2.05, 4.69) is 5.32 Å². The van der Waals surface area contributed by atoms with Crippen LogP contribution in [0.2, 0.25) is 0 Å². The minimum Gasteiger partial charge on any atom is -0.507 e. The first-order valence-electron chi connectivity index (χ1n) is 10.1. The number of ether oxygens (including phenoxy) is 2. The third kappa shape index (κ3) is 5.16. The van der Waals surface area contributed by atoms with Crippen LogP contribution in [-0.4, -0.2) is 24.2 Å². The third-order valence-corrected chi connectivity index (χ3v) is 5.20. The zero-order valence-corrected chi connectivity index (χ0v) is 18.2. The zero-order valence-electron chi connectivity index (χ0n) is 18.2. The van der Waals surface area contributed by atoms with Crippen LogP contribution in [-0.2, 0) is 4.74 Å². The van der Waals surface area contributed by atoms with E-state index in [9.17, 15) is 9.90 Å². The van der Waals surface area contributed by atoms with Gasteiger partial charge in [0.1, 0.15) is 17.2 Å². The lowest BCUT2D eigenvalue weighted by Crippen LogP contribution is -2.36. The normalized spacial score (nSPS) is 12.8. The summed E-state index contributed by atoms with van der Waals surface area (Å²) in [4.78, 5) is 13.1. The van der Waals surface area contributed by atoms with E-state index < -0.39 is 5.91 Å². The van der Waals surface area contributed by atoms with Crippen LogP contribution in [0.25, 0.3) is 0 Å². The number of nitrogens with one attached hydrogen (secondary N) is 1. The Kier molecular flexibility index (Phi) is 6.82. The van der Waals surface area contributed by atoms with Gasteiger partial charge in [0.2, 0.25) is 0 Å². The Bertz CT molecular complexity index is 1040. The van der Waals surface area contributed by atoms with Gasteiger partial charge >= 0.3 is 0 Å². The fourth-order valence-electron chi connectivity index (χ4n) is 3.51. The highest BCUT2D eigenvalue weighted by molar-refractivity contribution is 5.97. The summed E-state index contributed by atoms with van der Waals surface area (Å²) in [7, 11) is 1.59. The second-order valence-electron chi connectivity index (χ2n) is 7.57. The number of benzene rings is 3. The number of anilines is 1. The summed E-state index contributed by atoms with van der Waals surface area (Å²) >= 11 is 0. The van der Waals surface area contributed by atoms with Gasteiger partial charge in [0.25, 0.3) is 5.91 Å². The number of aryl methyl sites for hydroxylation is 2. The van der Waals surface area contributed by atoms with E-state index in [0.29, 0.717) is 17.2 Å². The number of phenolic OH excluding ortho intramolecular Hbond substituents is 1. The lowest BCUT2D eigenvalue weighted by atomic mass is 10.0. The van der Waals surface area contributed by atoms with Gasteiger partial charge in [-0.15, -0.1) is 0 Å². The van der Waals surface area contributed by atoms with Crippen molar-refractivity contribution in [2.24, 2.45) is 0 Å². The van der Waals surface area contributed by atoms with Crippen LogP contribution in [0.3, 0.4) is 0 Å². The van der Waals surface area contributed by atoms with Crippen molar-refractivity contribution >= 4 is 11.6 Å². The first-order chi connectivity index (χ1) is 14.8. The first-order valence-corrected chi connectivity index (χ1v) is 10.1. The molecule has 3 rings (SSSR count). The van der Waals surface area contributed by atoms with Gasteiger partial charge in [-0.1, -0.05) is 30.3 Å². The second-order valence-corrected chi connectivity index (χ2v) is 7.57. The maximum atomic E-state index is 13.1. The van der Waals surface area contributed by atoms with Crippen molar-refractivity contribution < 1.29 is 19.4 Å². The lowest BCUT2D eigenvalue weighted by molar-refractivity contribution is 0.0695. The molecule has 1 amide bonds. The lowest BCUT2D eigenvalue weighted by Gasteiger charge is -2.25. The molecule has 2 atom stereocenters. The number of methoxy groups -OCH3 is 1. The number of nitrogens with two attached hydrogens (primary N) is 1. The molecule has 162 valence electrons. The van der Waals surface area contributed by atoms with Crippen molar-refractivity contribution in [2.45, 2.75) is 32.9 Å². The summed E-state index contributed by atoms with van der Waals surface area (Å²) in [5.41, 5.74) is 9.34. The van der Waals surface area contributed by atoms with Gasteiger partial charge < -0.3 is 25.6 Å². The van der Waals surface area contributed by atoms with Gasteiger partial charge in [-0.2, -0.15) is 0 Å². The standard InChI is InChI=1S/C25H28N2O4/c1-15-12-19(26)13-16(2)24(15)31-20-10-11-22(28)21(14-20)25(29)27-23(17(3)30-4)18-8-6-5-7-9-18/h5-14,17,23,28H,26H2,1-4H3,(H,27,29). The molecule has 6 heteroatoms. The molecule has 31 heavy (non-hydrogen) atoms. The Hall–Kier alpha value is -3.51. The number of carbonyl (C=O) groups excluding carboxylic acids is 1. The Balaban J connectivity index is 1.88. The van der Waals surface area contributed by atoms with Gasteiger partial charge in [0.15, 0.2) is 0 Å². The molecule has 0 aromatic heterocycles. The molecular formula is C25H28N2O4. The zero-order chi connectivity index (χ0) is 22.5. The summed E-state index contributed by atoms with van der Waals surface area (Å²) in [6.07, 6.45) is -0.270. The molecule has 0 bridgehead atoms. The molecule has 2 unspecified atom stereocenters. The smallest absolute Gasteiger partial charge is 0.255 e. The van der Waals surface area contributed by atoms with Crippen molar-refractivity contribution in [3.63, 3.8) is 0 Å². The predicted molar refractivity (Wildman–Crippen MR) is 122 cm³/mol. The topological polar surface area (TPSA) is 93.8 Å². The van der Waals surface area contributed by atoms with Gasteiger partial charge in [0.05, 0.1) is 17.7 Å². The minimum atomic E-state index is -0.425. The van der Waals surface area contributed by atoms with E-state index in [1.165, 1.54) is 12.1 Å². The van der Waals surface area contributed by atoms with Gasteiger partial charge in [0, 0.05) is 12.8 Å². The van der Waals surface area contributed by atoms with Crippen LogP contribution in [0.5, 0.6) is 17.2 Å². The molecule has 0 fully saturated rings. The molecule has 6 nitrogen and oxygen atoms in total. The molecule has 0 aliphatic heterocycles. The van der Waals surface area contributed by atoms with E-state index in [4.69, 9.17) is 15.2 Å². The van der Waals surface area contributed by atoms with Crippen molar-refractivity contribution in [1.29, 1.82) is 0 Å². The average Bonchev–Trinajstić information content (AvgIpc) is 2.75. The number of rotatable bonds is 7. The molecule has 4 N–H and O–H groups in total. The molecule has 0 radical (unpaired) electrons. The summed E-state index contributed by atoms with van der Waals surface area (Å²) in [5, 5.41) is 13.3. The van der Waals surface area contributed by atoms with Crippen LogP contribution < -0.4 is 15.8 Å². The third-order valence-electron chi connectivity index (χ3n) is 5.20. The van der Waals surface area contributed by atoms with Crippen LogP contribution in [0.15, 0.2) is 60.7 Å². The van der Waals surface area contributed by atoms with Gasteiger partial charge in [-0.05, 0) is 67.8 Å².